The summed E-state index contributed by atoms with van der Waals surface area (Å²) in [6, 6.07) is 14.7. The number of anilines is 1. The van der Waals surface area contributed by atoms with E-state index >= 15 is 0 Å². The molecule has 2 aliphatic rings. The van der Waals surface area contributed by atoms with Crippen LogP contribution in [0, 0.1) is 0 Å². The molecule has 1 N–H and O–H groups in total. The first kappa shape index (κ1) is 23.8. The van der Waals surface area contributed by atoms with Crippen molar-refractivity contribution < 1.29 is 13.2 Å². The first-order chi connectivity index (χ1) is 17.0. The minimum Gasteiger partial charge on any atom is -0.334 e. The normalized spacial score (nSPS) is 16.6. The number of sulfonamides is 1. The predicted octanol–water partition coefficient (Wildman–Crippen LogP) is 4.63. The van der Waals surface area contributed by atoms with Gasteiger partial charge in [0.05, 0.1) is 10.6 Å². The van der Waals surface area contributed by atoms with Gasteiger partial charge in [-0.1, -0.05) is 30.7 Å². The van der Waals surface area contributed by atoms with Gasteiger partial charge in [-0.15, -0.1) is 0 Å². The lowest BCUT2D eigenvalue weighted by molar-refractivity contribution is -0.116. The third kappa shape index (κ3) is 5.49. The highest BCUT2D eigenvalue weighted by Gasteiger charge is 2.25. The topological polar surface area (TPSA) is 84.3 Å². The zero-order valence-electron chi connectivity index (χ0n) is 19.9. The number of piperidine rings is 1. The summed E-state index contributed by atoms with van der Waals surface area (Å²) in [6.45, 7) is 2.22. The number of carbonyl (C=O) groups excluding carboxylic acids is 1. The summed E-state index contributed by atoms with van der Waals surface area (Å²) in [6.07, 6.45) is 9.35. The number of carbonyl (C=O) groups is 1. The number of aryl methyl sites for hydroxylation is 3. The van der Waals surface area contributed by atoms with Crippen LogP contribution in [0.2, 0.25) is 0 Å². The first-order valence-electron chi connectivity index (χ1n) is 12.5. The van der Waals surface area contributed by atoms with Crippen molar-refractivity contribution in [3.63, 3.8) is 0 Å². The van der Waals surface area contributed by atoms with Gasteiger partial charge in [-0.3, -0.25) is 4.79 Å². The van der Waals surface area contributed by atoms with E-state index in [4.69, 9.17) is 4.98 Å². The second kappa shape index (κ2) is 10.3. The SMILES string of the molecule is O=C(CCc1ccc(S(=O)(=O)N2CCCCC2)cc1)Nc1ccc(-c2cn3c(n2)CCCC3)cc1. The van der Waals surface area contributed by atoms with E-state index in [2.05, 4.69) is 16.1 Å². The van der Waals surface area contributed by atoms with Crippen LogP contribution in [0.1, 0.15) is 49.9 Å². The molecule has 5 rings (SSSR count). The maximum absolute atomic E-state index is 12.8. The second-order valence-corrected chi connectivity index (χ2v) is 11.4. The summed E-state index contributed by atoms with van der Waals surface area (Å²) in [7, 11) is -3.43. The quantitative estimate of drug-likeness (QED) is 0.521. The highest BCUT2D eigenvalue weighted by Crippen LogP contribution is 2.24. The molecule has 7 nitrogen and oxygen atoms in total. The predicted molar refractivity (Wildman–Crippen MR) is 137 cm³/mol. The molecule has 184 valence electrons. The third-order valence-corrected chi connectivity index (χ3v) is 8.80. The lowest BCUT2D eigenvalue weighted by atomic mass is 10.1. The Labute approximate surface area is 207 Å². The van der Waals surface area contributed by atoms with Gasteiger partial charge in [0.15, 0.2) is 0 Å². The molecule has 0 radical (unpaired) electrons. The molecule has 0 unspecified atom stereocenters. The molecular formula is C27H32N4O3S. The fourth-order valence-corrected chi connectivity index (χ4v) is 6.36. The number of hydrogen-bond donors (Lipinski definition) is 1. The van der Waals surface area contributed by atoms with E-state index in [1.807, 2.05) is 36.4 Å². The van der Waals surface area contributed by atoms with Gasteiger partial charge in [0.2, 0.25) is 15.9 Å². The van der Waals surface area contributed by atoms with E-state index in [-0.39, 0.29) is 5.91 Å². The van der Waals surface area contributed by atoms with Crippen LogP contribution in [-0.4, -0.2) is 41.3 Å². The maximum Gasteiger partial charge on any atom is 0.243 e. The molecule has 3 heterocycles. The molecule has 0 spiro atoms. The highest BCUT2D eigenvalue weighted by molar-refractivity contribution is 7.89. The zero-order valence-corrected chi connectivity index (χ0v) is 20.8. The second-order valence-electron chi connectivity index (χ2n) is 9.43. The summed E-state index contributed by atoms with van der Waals surface area (Å²) in [5, 5.41) is 2.95. The molecule has 1 aromatic heterocycles. The van der Waals surface area contributed by atoms with E-state index in [1.54, 1.807) is 16.4 Å². The molecule has 1 saturated heterocycles. The monoisotopic (exact) mass is 492 g/mol. The van der Waals surface area contributed by atoms with Gasteiger partial charge in [-0.05, 0) is 61.9 Å². The highest BCUT2D eigenvalue weighted by atomic mass is 32.2. The van der Waals surface area contributed by atoms with Gasteiger partial charge in [0.1, 0.15) is 5.82 Å². The van der Waals surface area contributed by atoms with Crippen molar-refractivity contribution in [3.05, 3.63) is 66.1 Å². The standard InChI is InChI=1S/C27H32N4O3S/c32-27(16-9-21-7-14-24(15-8-21)35(33,34)31-18-3-1-4-19-31)28-23-12-10-22(11-13-23)25-20-30-17-5-2-6-26(30)29-25/h7-8,10-15,20H,1-6,9,16-19H2,(H,28,32). The fourth-order valence-electron chi connectivity index (χ4n) is 4.84. The van der Waals surface area contributed by atoms with Gasteiger partial charge in [0, 0.05) is 49.9 Å². The van der Waals surface area contributed by atoms with E-state index in [9.17, 15) is 13.2 Å². The van der Waals surface area contributed by atoms with Crippen LogP contribution < -0.4 is 5.32 Å². The van der Waals surface area contributed by atoms with Crippen molar-refractivity contribution in [3.8, 4) is 11.3 Å². The first-order valence-corrected chi connectivity index (χ1v) is 14.0. The third-order valence-electron chi connectivity index (χ3n) is 6.89. The molecule has 2 aromatic carbocycles. The Morgan fingerprint density at radius 3 is 2.31 bits per heavy atom. The molecule has 35 heavy (non-hydrogen) atoms. The van der Waals surface area contributed by atoms with Crippen molar-refractivity contribution in [1.82, 2.24) is 13.9 Å². The molecule has 8 heteroatoms. The van der Waals surface area contributed by atoms with E-state index in [0.717, 1.165) is 60.6 Å². The molecule has 0 bridgehead atoms. The number of amides is 1. The van der Waals surface area contributed by atoms with Crippen molar-refractivity contribution in [2.75, 3.05) is 18.4 Å². The van der Waals surface area contributed by atoms with Crippen molar-refractivity contribution in [2.24, 2.45) is 0 Å². The number of nitrogens with one attached hydrogen (secondary N) is 1. The van der Waals surface area contributed by atoms with Gasteiger partial charge in [0.25, 0.3) is 0 Å². The van der Waals surface area contributed by atoms with Crippen molar-refractivity contribution >= 4 is 21.6 Å². The molecule has 3 aromatic rings. The van der Waals surface area contributed by atoms with E-state index in [0.29, 0.717) is 30.8 Å². The van der Waals surface area contributed by atoms with Gasteiger partial charge >= 0.3 is 0 Å². The van der Waals surface area contributed by atoms with Crippen LogP contribution in [0.15, 0.2) is 59.6 Å². The Morgan fingerprint density at radius 2 is 1.60 bits per heavy atom. The molecule has 0 saturated carbocycles. The summed E-state index contributed by atoms with van der Waals surface area (Å²) in [4.78, 5) is 17.6. The molecule has 0 aliphatic carbocycles. The Morgan fingerprint density at radius 1 is 0.886 bits per heavy atom. The van der Waals surface area contributed by atoms with Crippen LogP contribution in [0.4, 0.5) is 5.69 Å². The summed E-state index contributed by atoms with van der Waals surface area (Å²) >= 11 is 0. The Balaban J connectivity index is 1.14. The Hall–Kier alpha value is -2.97. The van der Waals surface area contributed by atoms with Crippen LogP contribution in [0.3, 0.4) is 0 Å². The number of benzene rings is 2. The van der Waals surface area contributed by atoms with E-state index < -0.39 is 10.0 Å². The van der Waals surface area contributed by atoms with Crippen molar-refractivity contribution in [2.45, 2.75) is 62.8 Å². The average Bonchev–Trinajstić information content (AvgIpc) is 3.33. The average molecular weight is 493 g/mol. The smallest absolute Gasteiger partial charge is 0.243 e. The largest absolute Gasteiger partial charge is 0.334 e. The summed E-state index contributed by atoms with van der Waals surface area (Å²) < 4.78 is 29.4. The number of rotatable bonds is 7. The lowest BCUT2D eigenvalue weighted by Gasteiger charge is -2.25. The molecule has 0 atom stereocenters. The minimum absolute atomic E-state index is 0.0692. The minimum atomic E-state index is -3.43. The molecule has 2 aliphatic heterocycles. The van der Waals surface area contributed by atoms with Gasteiger partial charge in [-0.2, -0.15) is 4.31 Å². The number of aromatic nitrogens is 2. The zero-order chi connectivity index (χ0) is 24.3. The molecule has 1 fully saturated rings. The number of imidazole rings is 1. The summed E-state index contributed by atoms with van der Waals surface area (Å²) in [5.74, 6) is 1.08. The van der Waals surface area contributed by atoms with Crippen LogP contribution in [0.25, 0.3) is 11.3 Å². The van der Waals surface area contributed by atoms with E-state index in [1.165, 1.54) is 12.8 Å². The van der Waals surface area contributed by atoms with Gasteiger partial charge in [-0.25, -0.2) is 13.4 Å². The molecule has 1 amide bonds. The van der Waals surface area contributed by atoms with Crippen molar-refractivity contribution in [1.29, 1.82) is 0 Å². The van der Waals surface area contributed by atoms with Crippen LogP contribution in [-0.2, 0) is 34.2 Å². The number of nitrogens with zero attached hydrogens (tertiary/aromatic N) is 3. The number of hydrogen-bond acceptors (Lipinski definition) is 4. The van der Waals surface area contributed by atoms with Gasteiger partial charge < -0.3 is 9.88 Å². The molecular weight excluding hydrogens is 460 g/mol. The Kier molecular flexibility index (Phi) is 7.02. The Bertz CT molecular complexity index is 1250. The summed E-state index contributed by atoms with van der Waals surface area (Å²) in [5.41, 5.74) is 3.72. The van der Waals surface area contributed by atoms with Crippen LogP contribution >= 0.6 is 0 Å². The van der Waals surface area contributed by atoms with Crippen LogP contribution in [0.5, 0.6) is 0 Å². The lowest BCUT2D eigenvalue weighted by Crippen LogP contribution is -2.35. The number of fused-ring (bicyclic) bond motifs is 1. The maximum atomic E-state index is 12.8. The fraction of sp³-hybridized carbons (Fsp3) is 0.407.